The molecule has 1 aromatic rings. The zero-order valence-electron chi connectivity index (χ0n) is 15.8. The second kappa shape index (κ2) is 8.56. The summed E-state index contributed by atoms with van der Waals surface area (Å²) in [5.41, 5.74) is 5.19. The van der Waals surface area contributed by atoms with Gasteiger partial charge in [-0.2, -0.15) is 13.2 Å². The lowest BCUT2D eigenvalue weighted by Gasteiger charge is -2.35. The van der Waals surface area contributed by atoms with Gasteiger partial charge in [0.2, 0.25) is 5.91 Å². The van der Waals surface area contributed by atoms with E-state index in [0.29, 0.717) is 0 Å². The minimum atomic E-state index is -4.26. The van der Waals surface area contributed by atoms with Crippen molar-refractivity contribution in [3.05, 3.63) is 34.4 Å². The SMILES string of the molecule is NC(=O)C1CN([C@@H](CC2CCC(C(F)(F)F)CC2)c2ccc(F)c(Cl)c2F)C(=O)N1. The number of urea groups is 1. The molecule has 1 saturated carbocycles. The first-order valence-corrected chi connectivity index (χ1v) is 9.93. The van der Waals surface area contributed by atoms with E-state index in [2.05, 4.69) is 5.32 Å². The Labute approximate surface area is 174 Å². The number of carbonyl (C=O) groups excluding carboxylic acids is 2. The van der Waals surface area contributed by atoms with E-state index in [1.807, 2.05) is 0 Å². The average molecular weight is 454 g/mol. The summed E-state index contributed by atoms with van der Waals surface area (Å²) in [4.78, 5) is 25.1. The molecule has 11 heteroatoms. The lowest BCUT2D eigenvalue weighted by Crippen LogP contribution is -2.39. The summed E-state index contributed by atoms with van der Waals surface area (Å²) >= 11 is 5.69. The molecule has 1 aliphatic carbocycles. The van der Waals surface area contributed by atoms with Gasteiger partial charge in [-0.1, -0.05) is 17.7 Å². The van der Waals surface area contributed by atoms with Crippen LogP contribution >= 0.6 is 11.6 Å². The van der Waals surface area contributed by atoms with Crippen molar-refractivity contribution in [3.63, 3.8) is 0 Å². The lowest BCUT2D eigenvalue weighted by molar-refractivity contribution is -0.184. The molecule has 2 atom stereocenters. The van der Waals surface area contributed by atoms with Gasteiger partial charge in [0.1, 0.15) is 22.7 Å². The van der Waals surface area contributed by atoms with Crippen LogP contribution in [0.15, 0.2) is 12.1 Å². The van der Waals surface area contributed by atoms with E-state index in [0.717, 1.165) is 12.1 Å². The molecule has 3 amide bonds. The normalized spacial score (nSPS) is 25.9. The fourth-order valence-corrected chi connectivity index (χ4v) is 4.42. The van der Waals surface area contributed by atoms with Crippen molar-refractivity contribution in [1.29, 1.82) is 0 Å². The lowest BCUT2D eigenvalue weighted by atomic mass is 9.78. The number of nitrogens with two attached hydrogens (primary N) is 1. The average Bonchev–Trinajstić information content (AvgIpc) is 3.06. The highest BCUT2D eigenvalue weighted by atomic mass is 35.5. The van der Waals surface area contributed by atoms with Crippen molar-refractivity contribution in [3.8, 4) is 0 Å². The molecule has 1 heterocycles. The number of primary amides is 1. The summed E-state index contributed by atoms with van der Waals surface area (Å²) < 4.78 is 67.2. The van der Waals surface area contributed by atoms with Gasteiger partial charge in [0.25, 0.3) is 0 Å². The largest absolute Gasteiger partial charge is 0.391 e. The Kier molecular flexibility index (Phi) is 6.45. The number of halogens is 6. The summed E-state index contributed by atoms with van der Waals surface area (Å²) in [7, 11) is 0. The molecule has 3 N–H and O–H groups in total. The molecule has 166 valence electrons. The summed E-state index contributed by atoms with van der Waals surface area (Å²) in [6, 6.07) is -0.450. The fraction of sp³-hybridized carbons (Fsp3) is 0.579. The molecule has 1 aromatic carbocycles. The van der Waals surface area contributed by atoms with Gasteiger partial charge >= 0.3 is 12.2 Å². The number of amides is 3. The molecule has 2 aliphatic rings. The first-order valence-electron chi connectivity index (χ1n) is 9.55. The molecule has 2 fully saturated rings. The number of benzene rings is 1. The molecule has 0 spiro atoms. The predicted octanol–water partition coefficient (Wildman–Crippen LogP) is 4.30. The van der Waals surface area contributed by atoms with Crippen molar-refractivity contribution in [1.82, 2.24) is 10.2 Å². The maximum absolute atomic E-state index is 14.8. The quantitative estimate of drug-likeness (QED) is 0.515. The summed E-state index contributed by atoms with van der Waals surface area (Å²) in [6.07, 6.45) is -3.70. The molecule has 5 nitrogen and oxygen atoms in total. The topological polar surface area (TPSA) is 75.4 Å². The van der Waals surface area contributed by atoms with E-state index < -0.39 is 52.8 Å². The van der Waals surface area contributed by atoms with Gasteiger partial charge in [-0.3, -0.25) is 4.79 Å². The highest BCUT2D eigenvalue weighted by Crippen LogP contribution is 2.43. The second-order valence-electron chi connectivity index (χ2n) is 7.83. The van der Waals surface area contributed by atoms with E-state index in [-0.39, 0.29) is 50.1 Å². The smallest absolute Gasteiger partial charge is 0.368 e. The zero-order valence-corrected chi connectivity index (χ0v) is 16.6. The van der Waals surface area contributed by atoms with Crippen LogP contribution in [0.25, 0.3) is 0 Å². The molecule has 3 rings (SSSR count). The number of alkyl halides is 3. The Hall–Kier alpha value is -2.10. The maximum atomic E-state index is 14.8. The number of carbonyl (C=O) groups is 2. The van der Waals surface area contributed by atoms with Gasteiger partial charge < -0.3 is 16.0 Å². The minimum Gasteiger partial charge on any atom is -0.368 e. The number of nitrogens with zero attached hydrogens (tertiary/aromatic N) is 1. The van der Waals surface area contributed by atoms with Crippen molar-refractivity contribution in [2.75, 3.05) is 6.54 Å². The summed E-state index contributed by atoms with van der Waals surface area (Å²) in [5.74, 6) is -4.37. The van der Waals surface area contributed by atoms with Crippen molar-refractivity contribution in [2.24, 2.45) is 17.6 Å². The van der Waals surface area contributed by atoms with Crippen molar-refractivity contribution >= 4 is 23.5 Å². The van der Waals surface area contributed by atoms with Gasteiger partial charge in [0.05, 0.1) is 18.5 Å². The van der Waals surface area contributed by atoms with Crippen molar-refractivity contribution < 1.29 is 31.5 Å². The fourth-order valence-electron chi connectivity index (χ4n) is 4.25. The molecular formula is C19H21ClF5N3O2. The van der Waals surface area contributed by atoms with E-state index in [1.54, 1.807) is 0 Å². The zero-order chi connectivity index (χ0) is 22.2. The predicted molar refractivity (Wildman–Crippen MR) is 98.4 cm³/mol. The van der Waals surface area contributed by atoms with Gasteiger partial charge in [0.15, 0.2) is 0 Å². The molecule has 0 bridgehead atoms. The Morgan fingerprint density at radius 3 is 2.40 bits per heavy atom. The minimum absolute atomic E-state index is 0.0519. The number of hydrogen-bond acceptors (Lipinski definition) is 2. The third-order valence-electron chi connectivity index (χ3n) is 5.95. The standard InChI is InChI=1S/C19H21ClF5N3O2/c20-15-12(21)6-5-11(16(15)22)14(28-8-13(17(26)29)27-18(28)30)7-9-1-3-10(4-2-9)19(23,24)25/h5-6,9-10,13-14H,1-4,7-8H2,(H2,26,29)(H,27,30)/t9?,10?,13?,14-/m0/s1. The van der Waals surface area contributed by atoms with Gasteiger partial charge in [-0.05, 0) is 44.1 Å². The number of hydrogen-bond donors (Lipinski definition) is 2. The van der Waals surface area contributed by atoms with Crippen LogP contribution in [0.4, 0.5) is 26.7 Å². The molecule has 1 aliphatic heterocycles. The number of nitrogens with one attached hydrogen (secondary N) is 1. The van der Waals surface area contributed by atoms with Crippen LogP contribution < -0.4 is 11.1 Å². The van der Waals surface area contributed by atoms with E-state index in [4.69, 9.17) is 17.3 Å². The van der Waals surface area contributed by atoms with Gasteiger partial charge in [0, 0.05) is 5.56 Å². The third-order valence-corrected chi connectivity index (χ3v) is 6.29. The van der Waals surface area contributed by atoms with E-state index >= 15 is 0 Å². The van der Waals surface area contributed by atoms with Crippen LogP contribution in [0.5, 0.6) is 0 Å². The summed E-state index contributed by atoms with van der Waals surface area (Å²) in [5, 5.41) is 1.67. The van der Waals surface area contributed by atoms with Crippen molar-refractivity contribution in [2.45, 2.75) is 50.4 Å². The second-order valence-corrected chi connectivity index (χ2v) is 8.21. The first kappa shape index (κ1) is 22.6. The van der Waals surface area contributed by atoms with Gasteiger partial charge in [-0.25, -0.2) is 13.6 Å². The van der Waals surface area contributed by atoms with Crippen LogP contribution in [-0.4, -0.2) is 35.6 Å². The Bertz CT molecular complexity index is 827. The molecule has 1 saturated heterocycles. The third kappa shape index (κ3) is 4.63. The molecule has 1 unspecified atom stereocenters. The Balaban J connectivity index is 1.85. The maximum Gasteiger partial charge on any atom is 0.391 e. The van der Waals surface area contributed by atoms with Gasteiger partial charge in [-0.15, -0.1) is 0 Å². The molecule has 0 aromatic heterocycles. The van der Waals surface area contributed by atoms with Crippen LogP contribution in [0.1, 0.15) is 43.7 Å². The van der Waals surface area contributed by atoms with Crippen LogP contribution in [-0.2, 0) is 4.79 Å². The molecule has 0 radical (unpaired) electrons. The summed E-state index contributed by atoms with van der Waals surface area (Å²) in [6.45, 7) is -0.134. The van der Waals surface area contributed by atoms with E-state index in [9.17, 15) is 31.5 Å². The highest BCUT2D eigenvalue weighted by Gasteiger charge is 2.43. The highest BCUT2D eigenvalue weighted by molar-refractivity contribution is 6.31. The van der Waals surface area contributed by atoms with E-state index in [1.165, 1.54) is 4.90 Å². The van der Waals surface area contributed by atoms with Crippen LogP contribution in [0, 0.1) is 23.5 Å². The van der Waals surface area contributed by atoms with Crippen LogP contribution in [0.3, 0.4) is 0 Å². The molecular weight excluding hydrogens is 433 g/mol. The van der Waals surface area contributed by atoms with Crippen LogP contribution in [0.2, 0.25) is 5.02 Å². The Morgan fingerprint density at radius 1 is 1.23 bits per heavy atom. The monoisotopic (exact) mass is 453 g/mol. The number of rotatable bonds is 5. The first-order chi connectivity index (χ1) is 14.0. The molecule has 30 heavy (non-hydrogen) atoms. The Morgan fingerprint density at radius 2 is 1.87 bits per heavy atom.